The maximum absolute atomic E-state index is 10.6. The summed E-state index contributed by atoms with van der Waals surface area (Å²) in [6, 6.07) is 14.3. The van der Waals surface area contributed by atoms with Crippen LogP contribution >= 0.6 is 0 Å². The Bertz CT molecular complexity index is 597. The summed E-state index contributed by atoms with van der Waals surface area (Å²) < 4.78 is 5.59. The molecule has 0 amide bonds. The fraction of sp³-hybridized carbons (Fsp3) is 0.250. The molecule has 0 aliphatic rings. The van der Waals surface area contributed by atoms with Crippen LogP contribution in [0.5, 0.6) is 5.75 Å². The molecule has 110 valence electrons. The van der Waals surface area contributed by atoms with Crippen molar-refractivity contribution in [2.24, 2.45) is 0 Å². The van der Waals surface area contributed by atoms with Gasteiger partial charge in [0.1, 0.15) is 5.75 Å². The van der Waals surface area contributed by atoms with E-state index in [-0.39, 0.29) is 5.69 Å². The normalized spacial score (nSPS) is 10.1. The summed E-state index contributed by atoms with van der Waals surface area (Å²) in [6.07, 6.45) is 0.977. The molecule has 0 spiro atoms. The highest BCUT2D eigenvalue weighted by atomic mass is 16.6. The summed E-state index contributed by atoms with van der Waals surface area (Å²) >= 11 is 0. The molecule has 2 aromatic rings. The second-order valence-corrected chi connectivity index (χ2v) is 4.65. The van der Waals surface area contributed by atoms with E-state index in [2.05, 4.69) is 12.2 Å². The van der Waals surface area contributed by atoms with Crippen LogP contribution in [0.15, 0.2) is 48.5 Å². The maximum atomic E-state index is 10.6. The lowest BCUT2D eigenvalue weighted by atomic mass is 10.2. The summed E-state index contributed by atoms with van der Waals surface area (Å²) in [5.74, 6) is 0.861. The third kappa shape index (κ3) is 4.49. The van der Waals surface area contributed by atoms with Gasteiger partial charge in [-0.3, -0.25) is 10.1 Å². The highest BCUT2D eigenvalue weighted by Gasteiger charge is 2.03. The number of hydrogen-bond donors (Lipinski definition) is 1. The van der Waals surface area contributed by atoms with Gasteiger partial charge in [0.15, 0.2) is 0 Å². The summed E-state index contributed by atoms with van der Waals surface area (Å²) in [6.45, 7) is 3.42. The molecule has 0 aliphatic carbocycles. The summed E-state index contributed by atoms with van der Waals surface area (Å²) in [4.78, 5) is 10.2. The van der Waals surface area contributed by atoms with Crippen LogP contribution in [-0.4, -0.2) is 11.5 Å². The van der Waals surface area contributed by atoms with Crippen LogP contribution in [0.3, 0.4) is 0 Å². The van der Waals surface area contributed by atoms with E-state index in [9.17, 15) is 10.1 Å². The van der Waals surface area contributed by atoms with E-state index in [4.69, 9.17) is 4.74 Å². The number of anilines is 1. The molecule has 2 rings (SSSR count). The number of non-ortho nitro benzene ring substituents is 1. The second-order valence-electron chi connectivity index (χ2n) is 4.65. The minimum absolute atomic E-state index is 0.0931. The molecule has 5 nitrogen and oxygen atoms in total. The topological polar surface area (TPSA) is 64.4 Å². The van der Waals surface area contributed by atoms with Gasteiger partial charge in [0.25, 0.3) is 5.69 Å². The Morgan fingerprint density at radius 1 is 1.19 bits per heavy atom. The molecule has 0 radical (unpaired) electrons. The molecule has 21 heavy (non-hydrogen) atoms. The standard InChI is InChI=1S/C16H18N2O3/c1-2-10-21-16-5-3-4-13(11-16)12-17-14-6-8-15(9-7-14)18(19)20/h3-9,11,17H,2,10,12H2,1H3. The van der Waals surface area contributed by atoms with E-state index in [1.807, 2.05) is 24.3 Å². The predicted molar refractivity (Wildman–Crippen MR) is 82.7 cm³/mol. The average Bonchev–Trinajstić information content (AvgIpc) is 2.52. The van der Waals surface area contributed by atoms with E-state index < -0.39 is 4.92 Å². The molecular formula is C16H18N2O3. The number of hydrogen-bond acceptors (Lipinski definition) is 4. The Balaban J connectivity index is 1.94. The number of nitrogens with zero attached hydrogens (tertiary/aromatic N) is 1. The van der Waals surface area contributed by atoms with Crippen molar-refractivity contribution < 1.29 is 9.66 Å². The Hall–Kier alpha value is -2.56. The smallest absolute Gasteiger partial charge is 0.269 e. The van der Waals surface area contributed by atoms with Gasteiger partial charge >= 0.3 is 0 Å². The van der Waals surface area contributed by atoms with Crippen molar-refractivity contribution in [3.05, 3.63) is 64.2 Å². The SMILES string of the molecule is CCCOc1cccc(CNc2ccc([N+](=O)[O-])cc2)c1. The number of nitrogens with one attached hydrogen (secondary N) is 1. The Morgan fingerprint density at radius 2 is 1.95 bits per heavy atom. The monoisotopic (exact) mass is 286 g/mol. The molecule has 0 atom stereocenters. The van der Waals surface area contributed by atoms with Gasteiger partial charge in [-0.25, -0.2) is 0 Å². The summed E-state index contributed by atoms with van der Waals surface area (Å²) in [5, 5.41) is 13.8. The zero-order valence-electron chi connectivity index (χ0n) is 11.9. The van der Waals surface area contributed by atoms with Gasteiger partial charge in [0.05, 0.1) is 11.5 Å². The van der Waals surface area contributed by atoms with Gasteiger partial charge in [0.2, 0.25) is 0 Å². The van der Waals surface area contributed by atoms with Crippen LogP contribution in [0.2, 0.25) is 0 Å². The molecule has 0 bridgehead atoms. The van der Waals surface area contributed by atoms with Crippen LogP contribution < -0.4 is 10.1 Å². The van der Waals surface area contributed by atoms with E-state index in [0.717, 1.165) is 23.4 Å². The van der Waals surface area contributed by atoms with Crippen molar-refractivity contribution in [1.82, 2.24) is 0 Å². The first-order valence-corrected chi connectivity index (χ1v) is 6.89. The van der Waals surface area contributed by atoms with Gasteiger partial charge < -0.3 is 10.1 Å². The van der Waals surface area contributed by atoms with Crippen LogP contribution in [0.4, 0.5) is 11.4 Å². The maximum Gasteiger partial charge on any atom is 0.269 e. The lowest BCUT2D eigenvalue weighted by Gasteiger charge is -2.09. The van der Waals surface area contributed by atoms with Crippen LogP contribution in [0, 0.1) is 10.1 Å². The van der Waals surface area contributed by atoms with Gasteiger partial charge in [-0.2, -0.15) is 0 Å². The van der Waals surface area contributed by atoms with Crippen LogP contribution in [0.25, 0.3) is 0 Å². The van der Waals surface area contributed by atoms with Gasteiger partial charge in [-0.15, -0.1) is 0 Å². The predicted octanol–water partition coefficient (Wildman–Crippen LogP) is 4.00. The number of nitro benzene ring substituents is 1. The Labute approximate surface area is 123 Å². The number of rotatable bonds is 7. The average molecular weight is 286 g/mol. The summed E-state index contributed by atoms with van der Waals surface area (Å²) in [7, 11) is 0. The number of nitro groups is 1. The number of benzene rings is 2. The van der Waals surface area contributed by atoms with E-state index in [0.29, 0.717) is 13.2 Å². The minimum atomic E-state index is -0.404. The van der Waals surface area contributed by atoms with E-state index in [1.54, 1.807) is 12.1 Å². The quantitative estimate of drug-likeness (QED) is 0.617. The first kappa shape index (κ1) is 14.8. The highest BCUT2D eigenvalue weighted by Crippen LogP contribution is 2.18. The minimum Gasteiger partial charge on any atom is -0.494 e. The van der Waals surface area contributed by atoms with Crippen molar-refractivity contribution in [2.45, 2.75) is 19.9 Å². The van der Waals surface area contributed by atoms with E-state index >= 15 is 0 Å². The lowest BCUT2D eigenvalue weighted by Crippen LogP contribution is -2.01. The van der Waals surface area contributed by atoms with Gasteiger partial charge in [-0.1, -0.05) is 19.1 Å². The fourth-order valence-electron chi connectivity index (χ4n) is 1.87. The zero-order valence-corrected chi connectivity index (χ0v) is 11.9. The molecule has 0 aliphatic heterocycles. The first-order chi connectivity index (χ1) is 10.2. The lowest BCUT2D eigenvalue weighted by molar-refractivity contribution is -0.384. The second kappa shape index (κ2) is 7.28. The molecule has 2 aromatic carbocycles. The van der Waals surface area contributed by atoms with E-state index in [1.165, 1.54) is 12.1 Å². The molecule has 0 saturated carbocycles. The molecule has 5 heteroatoms. The molecule has 0 heterocycles. The van der Waals surface area contributed by atoms with Crippen molar-refractivity contribution >= 4 is 11.4 Å². The Kier molecular flexibility index (Phi) is 5.15. The molecule has 1 N–H and O–H groups in total. The van der Waals surface area contributed by atoms with Crippen molar-refractivity contribution in [2.75, 3.05) is 11.9 Å². The molecule has 0 saturated heterocycles. The third-order valence-electron chi connectivity index (χ3n) is 2.95. The molecule has 0 unspecified atom stereocenters. The summed E-state index contributed by atoms with van der Waals surface area (Å²) in [5.41, 5.74) is 2.04. The molecular weight excluding hydrogens is 268 g/mol. The first-order valence-electron chi connectivity index (χ1n) is 6.89. The zero-order chi connectivity index (χ0) is 15.1. The van der Waals surface area contributed by atoms with Crippen LogP contribution in [0.1, 0.15) is 18.9 Å². The largest absolute Gasteiger partial charge is 0.494 e. The van der Waals surface area contributed by atoms with Crippen molar-refractivity contribution in [1.29, 1.82) is 0 Å². The van der Waals surface area contributed by atoms with Crippen LogP contribution in [-0.2, 0) is 6.54 Å². The highest BCUT2D eigenvalue weighted by molar-refractivity contribution is 5.49. The number of ether oxygens (including phenoxy) is 1. The molecule has 0 aromatic heterocycles. The van der Waals surface area contributed by atoms with Crippen molar-refractivity contribution in [3.63, 3.8) is 0 Å². The fourth-order valence-corrected chi connectivity index (χ4v) is 1.87. The Morgan fingerprint density at radius 3 is 2.62 bits per heavy atom. The van der Waals surface area contributed by atoms with Gasteiger partial charge in [-0.05, 0) is 36.2 Å². The van der Waals surface area contributed by atoms with Gasteiger partial charge in [0, 0.05) is 24.4 Å². The molecule has 0 fully saturated rings. The third-order valence-corrected chi connectivity index (χ3v) is 2.95. The van der Waals surface area contributed by atoms with Crippen molar-refractivity contribution in [3.8, 4) is 5.75 Å².